The molecule has 6 heteroatoms. The van der Waals surface area contributed by atoms with E-state index >= 15 is 0 Å². The highest BCUT2D eigenvalue weighted by atomic mass is 19.1. The number of carbonyl (C=O) groups excluding carboxylic acids is 2. The molecule has 0 saturated carbocycles. The fourth-order valence-corrected chi connectivity index (χ4v) is 2.32. The lowest BCUT2D eigenvalue weighted by atomic mass is 9.97. The van der Waals surface area contributed by atoms with Gasteiger partial charge in [-0.1, -0.05) is 0 Å². The van der Waals surface area contributed by atoms with Gasteiger partial charge in [0.2, 0.25) is 0 Å². The van der Waals surface area contributed by atoms with Crippen molar-refractivity contribution in [2.45, 2.75) is 26.8 Å². The molecule has 1 heterocycles. The highest BCUT2D eigenvalue weighted by Crippen LogP contribution is 2.23. The van der Waals surface area contributed by atoms with Crippen molar-refractivity contribution in [3.63, 3.8) is 0 Å². The summed E-state index contributed by atoms with van der Waals surface area (Å²) in [5.41, 5.74) is 1.46. The number of nitrogens with zero attached hydrogens (tertiary/aromatic N) is 1. The topological polar surface area (TPSA) is 55.8 Å². The fraction of sp³-hybridized carbons (Fsp3) is 0.467. The second-order valence-corrected chi connectivity index (χ2v) is 4.69. The number of hydrogen-bond donors (Lipinski definition) is 0. The van der Waals surface area contributed by atoms with Gasteiger partial charge in [0.25, 0.3) is 0 Å². The summed E-state index contributed by atoms with van der Waals surface area (Å²) in [4.78, 5) is 25.0. The summed E-state index contributed by atoms with van der Waals surface area (Å²) in [5, 5.41) is 0. The minimum Gasteiger partial charge on any atom is -0.462 e. The summed E-state index contributed by atoms with van der Waals surface area (Å²) in [5.74, 6) is -1.28. The molecule has 0 aliphatic carbocycles. The third kappa shape index (κ3) is 3.32. The maximum absolute atomic E-state index is 13.9. The van der Waals surface area contributed by atoms with Crippen molar-refractivity contribution in [3.05, 3.63) is 34.6 Å². The lowest BCUT2D eigenvalue weighted by Gasteiger charge is -2.28. The maximum atomic E-state index is 13.9. The van der Waals surface area contributed by atoms with Crippen LogP contribution < -0.4 is 0 Å². The van der Waals surface area contributed by atoms with Crippen molar-refractivity contribution in [2.75, 3.05) is 19.8 Å². The Morgan fingerprint density at radius 3 is 2.57 bits per heavy atom. The first-order valence-corrected chi connectivity index (χ1v) is 6.96. The van der Waals surface area contributed by atoms with Gasteiger partial charge in [-0.3, -0.25) is 0 Å². The first-order valence-electron chi connectivity index (χ1n) is 6.96. The molecule has 5 nitrogen and oxygen atoms in total. The van der Waals surface area contributed by atoms with E-state index in [2.05, 4.69) is 0 Å². The lowest BCUT2D eigenvalue weighted by molar-refractivity contribution is 0.0520. The minimum absolute atomic E-state index is 0.0960. The van der Waals surface area contributed by atoms with Gasteiger partial charge in [-0.2, -0.15) is 0 Å². The van der Waals surface area contributed by atoms with Gasteiger partial charge in [-0.05, 0) is 43.5 Å². The quantitative estimate of drug-likeness (QED) is 0.804. The molecule has 2 rings (SSSR count). The SMILES string of the molecule is CCOC(=O)c1cc2c(cc1F)CCN(C(=O)OCC)C2. The van der Waals surface area contributed by atoms with Crippen LogP contribution in [0.5, 0.6) is 0 Å². The van der Waals surface area contributed by atoms with Crippen LogP contribution in [0.4, 0.5) is 9.18 Å². The molecule has 1 aromatic carbocycles. The standard InChI is InChI=1S/C15H18FNO4/c1-3-20-14(18)12-7-11-9-17(15(19)21-4-2)6-5-10(11)8-13(12)16/h7-8H,3-6,9H2,1-2H3. The molecule has 0 N–H and O–H groups in total. The number of fused-ring (bicyclic) bond motifs is 1. The maximum Gasteiger partial charge on any atom is 0.410 e. The first-order chi connectivity index (χ1) is 10.1. The Balaban J connectivity index is 2.24. The number of esters is 1. The van der Waals surface area contributed by atoms with Crippen LogP contribution in [0.3, 0.4) is 0 Å². The van der Waals surface area contributed by atoms with Gasteiger partial charge < -0.3 is 14.4 Å². The zero-order chi connectivity index (χ0) is 15.4. The average Bonchev–Trinajstić information content (AvgIpc) is 2.46. The van der Waals surface area contributed by atoms with Gasteiger partial charge in [0.1, 0.15) is 5.82 Å². The molecule has 0 fully saturated rings. The van der Waals surface area contributed by atoms with Gasteiger partial charge in [0, 0.05) is 13.1 Å². The van der Waals surface area contributed by atoms with Crippen LogP contribution in [0.15, 0.2) is 12.1 Å². The second kappa shape index (κ2) is 6.56. The van der Waals surface area contributed by atoms with E-state index in [1.165, 1.54) is 12.1 Å². The monoisotopic (exact) mass is 295 g/mol. The summed E-state index contributed by atoms with van der Waals surface area (Å²) >= 11 is 0. The molecular weight excluding hydrogens is 277 g/mol. The molecule has 1 aliphatic heterocycles. The van der Waals surface area contributed by atoms with Crippen LogP contribution in [-0.4, -0.2) is 36.7 Å². The van der Waals surface area contributed by atoms with Gasteiger partial charge in [0.15, 0.2) is 0 Å². The Labute approximate surface area is 122 Å². The number of benzene rings is 1. The molecule has 0 spiro atoms. The fourth-order valence-electron chi connectivity index (χ4n) is 2.32. The predicted molar refractivity (Wildman–Crippen MR) is 73.5 cm³/mol. The molecule has 114 valence electrons. The Kier molecular flexibility index (Phi) is 4.77. The third-order valence-electron chi connectivity index (χ3n) is 3.32. The number of hydrogen-bond acceptors (Lipinski definition) is 4. The highest BCUT2D eigenvalue weighted by molar-refractivity contribution is 5.90. The van der Waals surface area contributed by atoms with Crippen molar-refractivity contribution < 1.29 is 23.5 Å². The largest absolute Gasteiger partial charge is 0.462 e. The predicted octanol–water partition coefficient (Wildman–Crippen LogP) is 2.52. The first kappa shape index (κ1) is 15.3. The van der Waals surface area contributed by atoms with Crippen LogP contribution in [0.1, 0.15) is 35.3 Å². The Bertz CT molecular complexity index is 559. The van der Waals surface area contributed by atoms with Gasteiger partial charge in [-0.15, -0.1) is 0 Å². The Morgan fingerprint density at radius 2 is 1.90 bits per heavy atom. The van der Waals surface area contributed by atoms with Gasteiger partial charge >= 0.3 is 12.1 Å². The number of ether oxygens (including phenoxy) is 2. The van der Waals surface area contributed by atoms with E-state index in [0.717, 1.165) is 11.1 Å². The van der Waals surface area contributed by atoms with E-state index in [9.17, 15) is 14.0 Å². The van der Waals surface area contributed by atoms with Crippen LogP contribution >= 0.6 is 0 Å². The van der Waals surface area contributed by atoms with Gasteiger partial charge in [-0.25, -0.2) is 14.0 Å². The molecule has 0 unspecified atom stereocenters. The normalized spacial score (nSPS) is 13.6. The van der Waals surface area contributed by atoms with Crippen LogP contribution in [0.25, 0.3) is 0 Å². The third-order valence-corrected chi connectivity index (χ3v) is 3.32. The molecule has 1 amide bonds. The van der Waals surface area contributed by atoms with Crippen molar-refractivity contribution in [1.82, 2.24) is 4.90 Å². The van der Waals surface area contributed by atoms with E-state index in [0.29, 0.717) is 26.1 Å². The molecule has 0 aromatic heterocycles. The summed E-state index contributed by atoms with van der Waals surface area (Å²) in [6.45, 7) is 4.68. The van der Waals surface area contributed by atoms with Crippen LogP contribution in [0, 0.1) is 5.82 Å². The van der Waals surface area contributed by atoms with Crippen LogP contribution in [-0.2, 0) is 22.4 Å². The smallest absolute Gasteiger partial charge is 0.410 e. The van der Waals surface area contributed by atoms with Crippen molar-refractivity contribution in [1.29, 1.82) is 0 Å². The summed E-state index contributed by atoms with van der Waals surface area (Å²) < 4.78 is 23.7. The number of carbonyl (C=O) groups is 2. The molecule has 0 saturated heterocycles. The molecule has 0 radical (unpaired) electrons. The minimum atomic E-state index is -0.689. The average molecular weight is 295 g/mol. The Hall–Kier alpha value is -2.11. The van der Waals surface area contributed by atoms with E-state index in [1.54, 1.807) is 18.7 Å². The Morgan fingerprint density at radius 1 is 1.19 bits per heavy atom. The molecule has 21 heavy (non-hydrogen) atoms. The van der Waals surface area contributed by atoms with Crippen molar-refractivity contribution in [3.8, 4) is 0 Å². The lowest BCUT2D eigenvalue weighted by Crippen LogP contribution is -2.36. The highest BCUT2D eigenvalue weighted by Gasteiger charge is 2.24. The van der Waals surface area contributed by atoms with E-state index < -0.39 is 17.9 Å². The van der Waals surface area contributed by atoms with E-state index in [4.69, 9.17) is 9.47 Å². The molecular formula is C15H18FNO4. The zero-order valence-corrected chi connectivity index (χ0v) is 12.1. The van der Waals surface area contributed by atoms with Crippen LogP contribution in [0.2, 0.25) is 0 Å². The summed E-state index contributed by atoms with van der Waals surface area (Å²) in [6.07, 6.45) is 0.138. The number of amides is 1. The van der Waals surface area contributed by atoms with E-state index in [1.807, 2.05) is 0 Å². The van der Waals surface area contributed by atoms with Crippen molar-refractivity contribution >= 4 is 12.1 Å². The second-order valence-electron chi connectivity index (χ2n) is 4.69. The molecule has 1 aromatic rings. The van der Waals surface area contributed by atoms with E-state index in [-0.39, 0.29) is 12.2 Å². The number of halogens is 1. The molecule has 0 atom stereocenters. The zero-order valence-electron chi connectivity index (χ0n) is 12.1. The van der Waals surface area contributed by atoms with Gasteiger partial charge in [0.05, 0.1) is 18.8 Å². The number of rotatable bonds is 3. The molecule has 0 bridgehead atoms. The summed E-state index contributed by atoms with van der Waals surface area (Å²) in [6, 6.07) is 2.82. The molecule has 1 aliphatic rings. The summed E-state index contributed by atoms with van der Waals surface area (Å²) in [7, 11) is 0. The van der Waals surface area contributed by atoms with Crippen molar-refractivity contribution in [2.24, 2.45) is 0 Å².